The standard InChI is InChI=1S/C5H6O2.CH4N2O.CH2O/c6-4-5-2-1-3-7-5;2-1(3)4;1-2/h1-3,6H,4H2;(H4,2,3,4);1H2. The van der Waals surface area contributed by atoms with Crippen molar-refractivity contribution < 1.29 is 19.1 Å². The summed E-state index contributed by atoms with van der Waals surface area (Å²) in [6.07, 6.45) is 1.53. The van der Waals surface area contributed by atoms with Crippen LogP contribution in [0.1, 0.15) is 5.76 Å². The van der Waals surface area contributed by atoms with E-state index in [1.54, 1.807) is 12.1 Å². The lowest BCUT2D eigenvalue weighted by Gasteiger charge is -1.79. The summed E-state index contributed by atoms with van der Waals surface area (Å²) in [4.78, 5) is 17.0. The van der Waals surface area contributed by atoms with Gasteiger partial charge in [0.25, 0.3) is 0 Å². The maximum absolute atomic E-state index is 9.00. The van der Waals surface area contributed by atoms with Crippen molar-refractivity contribution in [3.05, 3.63) is 24.2 Å². The average Bonchev–Trinajstić information content (AvgIpc) is 2.58. The van der Waals surface area contributed by atoms with Gasteiger partial charge in [-0.15, -0.1) is 0 Å². The van der Waals surface area contributed by atoms with Crippen molar-refractivity contribution in [3.63, 3.8) is 0 Å². The first-order valence-corrected chi connectivity index (χ1v) is 3.14. The molecule has 0 aromatic carbocycles. The van der Waals surface area contributed by atoms with Crippen LogP contribution in [0, 0.1) is 0 Å². The van der Waals surface area contributed by atoms with Gasteiger partial charge in [-0.05, 0) is 12.1 Å². The van der Waals surface area contributed by atoms with Crippen LogP contribution in [-0.4, -0.2) is 17.9 Å². The number of urea groups is 1. The summed E-state index contributed by atoms with van der Waals surface area (Å²) in [5, 5.41) is 8.33. The number of hydrogen-bond acceptors (Lipinski definition) is 4. The van der Waals surface area contributed by atoms with Crippen LogP contribution in [0.3, 0.4) is 0 Å². The molecule has 0 unspecified atom stereocenters. The molecule has 1 aromatic rings. The van der Waals surface area contributed by atoms with Crippen LogP contribution in [0.2, 0.25) is 0 Å². The van der Waals surface area contributed by atoms with Gasteiger partial charge >= 0.3 is 6.03 Å². The molecular formula is C7H12N2O4. The molecule has 1 rings (SSSR count). The molecule has 0 aliphatic rings. The van der Waals surface area contributed by atoms with Crippen molar-refractivity contribution in [1.82, 2.24) is 0 Å². The Morgan fingerprint density at radius 1 is 1.54 bits per heavy atom. The Kier molecular flexibility index (Phi) is 10.8. The Balaban J connectivity index is 0. The van der Waals surface area contributed by atoms with Gasteiger partial charge in [-0.1, -0.05) is 0 Å². The van der Waals surface area contributed by atoms with Crippen molar-refractivity contribution in [2.24, 2.45) is 11.5 Å². The molecule has 5 N–H and O–H groups in total. The molecule has 6 heteroatoms. The summed E-state index contributed by atoms with van der Waals surface area (Å²) in [5.41, 5.74) is 8.50. The first-order chi connectivity index (χ1) is 6.16. The number of aliphatic hydroxyl groups is 1. The monoisotopic (exact) mass is 188 g/mol. The van der Waals surface area contributed by atoms with Crippen molar-refractivity contribution >= 4 is 12.8 Å². The van der Waals surface area contributed by atoms with E-state index in [1.807, 2.05) is 6.79 Å². The van der Waals surface area contributed by atoms with E-state index >= 15 is 0 Å². The number of nitrogens with two attached hydrogens (primary N) is 2. The number of furan rings is 1. The lowest BCUT2D eigenvalue weighted by molar-refractivity contribution is -0.0979. The van der Waals surface area contributed by atoms with Gasteiger partial charge in [-0.2, -0.15) is 0 Å². The van der Waals surface area contributed by atoms with E-state index in [9.17, 15) is 0 Å². The van der Waals surface area contributed by atoms with E-state index in [0.29, 0.717) is 5.76 Å². The number of rotatable bonds is 1. The Labute approximate surface area is 75.1 Å². The summed E-state index contributed by atoms with van der Waals surface area (Å²) >= 11 is 0. The molecule has 0 aliphatic heterocycles. The van der Waals surface area contributed by atoms with E-state index in [4.69, 9.17) is 19.1 Å². The van der Waals surface area contributed by atoms with Crippen LogP contribution < -0.4 is 11.5 Å². The van der Waals surface area contributed by atoms with Crippen LogP contribution >= 0.6 is 0 Å². The quantitative estimate of drug-likeness (QED) is 0.555. The van der Waals surface area contributed by atoms with E-state index in [-0.39, 0.29) is 6.61 Å². The average molecular weight is 188 g/mol. The molecule has 0 spiro atoms. The number of amides is 2. The van der Waals surface area contributed by atoms with E-state index in [1.165, 1.54) is 6.26 Å². The molecule has 1 aromatic heterocycles. The number of carbonyl (C=O) groups is 2. The first-order valence-electron chi connectivity index (χ1n) is 3.14. The van der Waals surface area contributed by atoms with Gasteiger partial charge in [0.05, 0.1) is 6.26 Å². The molecule has 6 nitrogen and oxygen atoms in total. The van der Waals surface area contributed by atoms with Crippen LogP contribution in [-0.2, 0) is 11.4 Å². The third kappa shape index (κ3) is 13.2. The molecule has 0 radical (unpaired) electrons. The highest BCUT2D eigenvalue weighted by molar-refractivity contribution is 5.69. The van der Waals surface area contributed by atoms with Crippen LogP contribution in [0.15, 0.2) is 22.8 Å². The minimum atomic E-state index is -0.833. The Morgan fingerprint density at radius 3 is 2.15 bits per heavy atom. The van der Waals surface area contributed by atoms with Crippen molar-refractivity contribution in [3.8, 4) is 0 Å². The summed E-state index contributed by atoms with van der Waals surface area (Å²) in [7, 11) is 0. The molecule has 0 bridgehead atoms. The zero-order valence-electron chi connectivity index (χ0n) is 6.97. The molecule has 74 valence electrons. The summed E-state index contributed by atoms with van der Waals surface area (Å²) in [6.45, 7) is 1.99. The Bertz CT molecular complexity index is 206. The second-order valence-corrected chi connectivity index (χ2v) is 1.64. The maximum Gasteiger partial charge on any atom is 0.309 e. The van der Waals surface area contributed by atoms with Gasteiger partial charge in [-0.25, -0.2) is 4.79 Å². The Hall–Kier alpha value is -1.82. The second kappa shape index (κ2) is 10.2. The topological polar surface area (TPSA) is 120 Å². The lowest BCUT2D eigenvalue weighted by atomic mass is 10.5. The maximum atomic E-state index is 9.00. The third-order valence-electron chi connectivity index (χ3n) is 0.736. The normalized spacial score (nSPS) is 7.15. The lowest BCUT2D eigenvalue weighted by Crippen LogP contribution is -2.18. The smallest absolute Gasteiger partial charge is 0.309 e. The highest BCUT2D eigenvalue weighted by Gasteiger charge is 1.85. The van der Waals surface area contributed by atoms with Crippen LogP contribution in [0.5, 0.6) is 0 Å². The van der Waals surface area contributed by atoms with Gasteiger partial charge in [-0.3, -0.25) is 0 Å². The van der Waals surface area contributed by atoms with E-state index in [2.05, 4.69) is 11.5 Å². The van der Waals surface area contributed by atoms with Gasteiger partial charge in [0, 0.05) is 0 Å². The predicted molar refractivity (Wildman–Crippen MR) is 45.5 cm³/mol. The zero-order chi connectivity index (χ0) is 10.7. The molecule has 0 saturated carbocycles. The molecule has 13 heavy (non-hydrogen) atoms. The summed E-state index contributed by atoms with van der Waals surface area (Å²) in [6, 6.07) is 2.63. The molecular weight excluding hydrogens is 176 g/mol. The van der Waals surface area contributed by atoms with Gasteiger partial charge in [0.1, 0.15) is 19.2 Å². The highest BCUT2D eigenvalue weighted by atomic mass is 16.4. The molecule has 0 atom stereocenters. The predicted octanol–water partition coefficient (Wildman–Crippen LogP) is -0.389. The van der Waals surface area contributed by atoms with Crippen molar-refractivity contribution in [2.75, 3.05) is 0 Å². The Morgan fingerprint density at radius 2 is 2.00 bits per heavy atom. The largest absolute Gasteiger partial charge is 0.467 e. The molecule has 1 heterocycles. The second-order valence-electron chi connectivity index (χ2n) is 1.64. The number of aliphatic hydroxyl groups excluding tert-OH is 1. The fourth-order valence-electron chi connectivity index (χ4n) is 0.403. The number of primary amides is 2. The van der Waals surface area contributed by atoms with Gasteiger partial charge in [0.2, 0.25) is 0 Å². The minimum Gasteiger partial charge on any atom is -0.467 e. The van der Waals surface area contributed by atoms with E-state index < -0.39 is 6.03 Å². The van der Waals surface area contributed by atoms with Crippen molar-refractivity contribution in [2.45, 2.75) is 6.61 Å². The summed E-state index contributed by atoms with van der Waals surface area (Å²) in [5.74, 6) is 0.611. The molecule has 0 saturated heterocycles. The van der Waals surface area contributed by atoms with Crippen LogP contribution in [0.4, 0.5) is 4.79 Å². The zero-order valence-corrected chi connectivity index (χ0v) is 6.97. The van der Waals surface area contributed by atoms with Crippen LogP contribution in [0.25, 0.3) is 0 Å². The van der Waals surface area contributed by atoms with Gasteiger partial charge < -0.3 is 25.8 Å². The molecule has 0 fully saturated rings. The SMILES string of the molecule is C=O.NC(N)=O.OCc1ccco1. The molecule has 0 aliphatic carbocycles. The number of carbonyl (C=O) groups excluding carboxylic acids is 2. The fraction of sp³-hybridized carbons (Fsp3) is 0.143. The first kappa shape index (κ1) is 13.7. The van der Waals surface area contributed by atoms with Gasteiger partial charge in [0.15, 0.2) is 0 Å². The highest BCUT2D eigenvalue weighted by Crippen LogP contribution is 1.96. The molecule has 2 amide bonds. The number of hydrogen-bond donors (Lipinski definition) is 3. The minimum absolute atomic E-state index is 0.00694. The fourth-order valence-corrected chi connectivity index (χ4v) is 0.403. The third-order valence-corrected chi connectivity index (χ3v) is 0.736. The van der Waals surface area contributed by atoms with Crippen molar-refractivity contribution in [1.29, 1.82) is 0 Å². The summed E-state index contributed by atoms with van der Waals surface area (Å²) < 4.78 is 4.73. The van der Waals surface area contributed by atoms with E-state index in [0.717, 1.165) is 0 Å².